The number of ether oxygens (including phenoxy) is 1. The third-order valence-corrected chi connectivity index (χ3v) is 10.4. The van der Waals surface area contributed by atoms with Gasteiger partial charge in [-0.1, -0.05) is 27.2 Å². The van der Waals surface area contributed by atoms with Crippen molar-refractivity contribution in [3.05, 3.63) is 11.0 Å². The van der Waals surface area contributed by atoms with E-state index in [0.29, 0.717) is 12.8 Å². The molecule has 0 spiro atoms. The average Bonchev–Trinajstić information content (AvgIpc) is 2.80. The van der Waals surface area contributed by atoms with Gasteiger partial charge in [0.25, 0.3) is 0 Å². The lowest BCUT2D eigenvalue weighted by molar-refractivity contribution is -0.140. The highest BCUT2D eigenvalue weighted by molar-refractivity contribution is 8.04. The molecule has 0 aliphatic heterocycles. The number of esters is 1. The molecular weight excluding hydrogens is 340 g/mol. The van der Waals surface area contributed by atoms with Crippen molar-refractivity contribution in [2.24, 2.45) is 0 Å². The Hall–Kier alpha value is -0.593. The lowest BCUT2D eigenvalue weighted by Gasteiger charge is -2.37. The molecule has 0 heterocycles. The number of Topliss-reactive ketones (excluding diaryl/α,β-unsaturated/α-hetero) is 1. The van der Waals surface area contributed by atoms with E-state index in [4.69, 9.17) is 4.43 Å². The van der Waals surface area contributed by atoms with E-state index < -0.39 is 8.32 Å². The molecule has 138 valence electrons. The first-order chi connectivity index (χ1) is 11.1. The Balaban J connectivity index is 2.36. The van der Waals surface area contributed by atoms with E-state index in [1.165, 1.54) is 7.11 Å². The summed E-state index contributed by atoms with van der Waals surface area (Å²) in [5.41, 5.74) is 0. The van der Waals surface area contributed by atoms with Gasteiger partial charge in [0.2, 0.25) is 0 Å². The van der Waals surface area contributed by atoms with Gasteiger partial charge >= 0.3 is 5.97 Å². The van der Waals surface area contributed by atoms with E-state index in [9.17, 15) is 9.59 Å². The smallest absolute Gasteiger partial charge is 0.305 e. The van der Waals surface area contributed by atoms with Gasteiger partial charge in [-0.25, -0.2) is 0 Å². The minimum absolute atomic E-state index is 0.0554. The standard InChI is InChI=1S/C18H32O4SSi/c1-18(2,3)24(5,6)22-14-12-15(19)16(13-14)23-11-9-7-8-10-17(20)21-4/h13-14H,7-12H2,1-6H3. The lowest BCUT2D eigenvalue weighted by atomic mass is 10.2. The molecule has 0 aromatic heterocycles. The van der Waals surface area contributed by atoms with E-state index >= 15 is 0 Å². The van der Waals surface area contributed by atoms with E-state index in [0.717, 1.165) is 29.9 Å². The maximum atomic E-state index is 12.2. The summed E-state index contributed by atoms with van der Waals surface area (Å²) in [5.74, 6) is 0.964. The molecule has 6 heteroatoms. The molecule has 0 saturated carbocycles. The first-order valence-corrected chi connectivity index (χ1v) is 12.6. The SMILES string of the molecule is COC(=O)CCCCCSC1=CC(O[Si](C)(C)C(C)(C)C)CC1=O. The fourth-order valence-corrected chi connectivity index (χ4v) is 4.52. The number of thioether (sulfide) groups is 1. The molecule has 24 heavy (non-hydrogen) atoms. The zero-order chi connectivity index (χ0) is 18.4. The van der Waals surface area contributed by atoms with E-state index in [-0.39, 0.29) is 22.9 Å². The molecule has 0 aromatic rings. The zero-order valence-electron chi connectivity index (χ0n) is 15.9. The van der Waals surface area contributed by atoms with Gasteiger partial charge in [-0.05, 0) is 42.8 Å². The summed E-state index contributed by atoms with van der Waals surface area (Å²) >= 11 is 1.62. The van der Waals surface area contributed by atoms with E-state index in [1.54, 1.807) is 11.8 Å². The third kappa shape index (κ3) is 6.73. The molecule has 4 nitrogen and oxygen atoms in total. The second kappa shape index (κ2) is 9.20. The maximum absolute atomic E-state index is 12.2. The van der Waals surface area contributed by atoms with Gasteiger partial charge in [-0.2, -0.15) is 0 Å². The van der Waals surface area contributed by atoms with Crippen LogP contribution in [0.4, 0.5) is 0 Å². The van der Waals surface area contributed by atoms with Gasteiger partial charge in [0.1, 0.15) is 0 Å². The number of methoxy groups -OCH3 is 1. The Kier molecular flexibility index (Phi) is 8.22. The van der Waals surface area contributed by atoms with Crippen molar-refractivity contribution in [2.75, 3.05) is 12.9 Å². The second-order valence-electron chi connectivity index (χ2n) is 7.81. The van der Waals surface area contributed by atoms with Crippen LogP contribution in [0.1, 0.15) is 52.9 Å². The average molecular weight is 373 g/mol. The van der Waals surface area contributed by atoms with Gasteiger partial charge in [0, 0.05) is 17.7 Å². The van der Waals surface area contributed by atoms with Crippen LogP contribution in [0.5, 0.6) is 0 Å². The predicted octanol–water partition coefficient (Wildman–Crippen LogP) is 4.70. The zero-order valence-corrected chi connectivity index (χ0v) is 17.8. The van der Waals surface area contributed by atoms with Crippen molar-refractivity contribution in [1.82, 2.24) is 0 Å². The van der Waals surface area contributed by atoms with Crippen LogP contribution in [0.15, 0.2) is 11.0 Å². The van der Waals surface area contributed by atoms with Crippen LogP contribution in [-0.2, 0) is 18.8 Å². The quantitative estimate of drug-likeness (QED) is 0.333. The number of allylic oxidation sites excluding steroid dienone is 1. The van der Waals surface area contributed by atoms with Crippen molar-refractivity contribution in [2.45, 2.75) is 77.1 Å². The number of rotatable bonds is 9. The molecular formula is C18H32O4SSi. The van der Waals surface area contributed by atoms with Crippen LogP contribution in [0.2, 0.25) is 18.1 Å². The highest BCUT2D eigenvalue weighted by Crippen LogP contribution is 2.39. The molecule has 1 rings (SSSR count). The molecule has 0 amide bonds. The monoisotopic (exact) mass is 372 g/mol. The summed E-state index contributed by atoms with van der Waals surface area (Å²) in [7, 11) is -0.427. The number of carbonyl (C=O) groups is 2. The predicted molar refractivity (Wildman–Crippen MR) is 103 cm³/mol. The minimum atomic E-state index is -1.84. The molecule has 1 aliphatic rings. The van der Waals surface area contributed by atoms with E-state index in [1.807, 2.05) is 6.08 Å². The van der Waals surface area contributed by atoms with Crippen LogP contribution < -0.4 is 0 Å². The van der Waals surface area contributed by atoms with E-state index in [2.05, 4.69) is 38.6 Å². The molecule has 0 fully saturated rings. The van der Waals surface area contributed by atoms with Crippen molar-refractivity contribution in [3.8, 4) is 0 Å². The highest BCUT2D eigenvalue weighted by Gasteiger charge is 2.40. The Morgan fingerprint density at radius 2 is 1.96 bits per heavy atom. The Bertz CT molecular complexity index is 480. The van der Waals surface area contributed by atoms with Crippen LogP contribution in [0.25, 0.3) is 0 Å². The summed E-state index contributed by atoms with van der Waals surface area (Å²) in [6.07, 6.45) is 5.75. The van der Waals surface area contributed by atoms with Gasteiger partial charge in [-0.3, -0.25) is 9.59 Å². The summed E-state index contributed by atoms with van der Waals surface area (Å²) in [4.78, 5) is 24.0. The molecule has 0 bridgehead atoms. The van der Waals surface area contributed by atoms with Crippen LogP contribution in [0, 0.1) is 0 Å². The van der Waals surface area contributed by atoms with Crippen LogP contribution >= 0.6 is 11.8 Å². The molecule has 0 radical (unpaired) electrons. The summed E-state index contributed by atoms with van der Waals surface area (Å²) in [6, 6.07) is 0. The number of carbonyl (C=O) groups excluding carboxylic acids is 2. The molecule has 0 saturated heterocycles. The molecule has 0 N–H and O–H groups in total. The third-order valence-electron chi connectivity index (χ3n) is 4.76. The Labute approximate surface area is 151 Å². The fraction of sp³-hybridized carbons (Fsp3) is 0.778. The number of hydrogen-bond donors (Lipinski definition) is 0. The minimum Gasteiger partial charge on any atom is -0.469 e. The number of hydrogen-bond acceptors (Lipinski definition) is 5. The molecule has 1 atom stereocenters. The van der Waals surface area contributed by atoms with Crippen molar-refractivity contribution in [1.29, 1.82) is 0 Å². The lowest BCUT2D eigenvalue weighted by Crippen LogP contribution is -2.43. The maximum Gasteiger partial charge on any atom is 0.305 e. The van der Waals surface area contributed by atoms with Crippen LogP contribution in [0.3, 0.4) is 0 Å². The van der Waals surface area contributed by atoms with Gasteiger partial charge in [0.15, 0.2) is 14.1 Å². The van der Waals surface area contributed by atoms with Crippen molar-refractivity contribution >= 4 is 31.8 Å². The second-order valence-corrected chi connectivity index (χ2v) is 13.7. The normalized spacial score (nSPS) is 18.7. The molecule has 1 unspecified atom stereocenters. The Morgan fingerprint density at radius 3 is 2.54 bits per heavy atom. The fourth-order valence-electron chi connectivity index (χ4n) is 2.20. The number of unbranched alkanes of at least 4 members (excludes halogenated alkanes) is 2. The van der Waals surface area contributed by atoms with Crippen molar-refractivity contribution < 1.29 is 18.8 Å². The first-order valence-electron chi connectivity index (χ1n) is 8.69. The Morgan fingerprint density at radius 1 is 1.29 bits per heavy atom. The van der Waals surface area contributed by atoms with Crippen molar-refractivity contribution in [3.63, 3.8) is 0 Å². The summed E-state index contributed by atoms with van der Waals surface area (Å²) in [6.45, 7) is 11.1. The summed E-state index contributed by atoms with van der Waals surface area (Å²) < 4.78 is 10.9. The molecule has 0 aromatic carbocycles. The first kappa shape index (κ1) is 21.4. The van der Waals surface area contributed by atoms with Gasteiger partial charge < -0.3 is 9.16 Å². The summed E-state index contributed by atoms with van der Waals surface area (Å²) in [5, 5.41) is 0.152. The topological polar surface area (TPSA) is 52.6 Å². The van der Waals surface area contributed by atoms with Gasteiger partial charge in [-0.15, -0.1) is 11.8 Å². The largest absolute Gasteiger partial charge is 0.469 e. The molecule has 1 aliphatic carbocycles. The number of ketones is 1. The highest BCUT2D eigenvalue weighted by atomic mass is 32.2. The van der Waals surface area contributed by atoms with Gasteiger partial charge in [0.05, 0.1) is 13.2 Å². The van der Waals surface area contributed by atoms with Crippen LogP contribution in [-0.4, -0.2) is 39.0 Å².